The SMILES string of the molecule is Cc1cc2c(c3ccc(=O)[nH]c13)OC(CNCc1cccs1)C2. The van der Waals surface area contributed by atoms with Crippen molar-refractivity contribution in [3.63, 3.8) is 0 Å². The van der Waals surface area contributed by atoms with E-state index in [9.17, 15) is 4.79 Å². The van der Waals surface area contributed by atoms with E-state index in [1.165, 1.54) is 10.4 Å². The molecule has 2 N–H and O–H groups in total. The highest BCUT2D eigenvalue weighted by molar-refractivity contribution is 7.09. The number of ether oxygens (including phenoxy) is 1. The Morgan fingerprint density at radius 2 is 2.30 bits per heavy atom. The lowest BCUT2D eigenvalue weighted by Crippen LogP contribution is -2.29. The molecule has 0 aliphatic carbocycles. The number of pyridine rings is 1. The molecule has 1 aromatic carbocycles. The molecule has 0 spiro atoms. The predicted molar refractivity (Wildman–Crippen MR) is 93.5 cm³/mol. The fraction of sp³-hybridized carbons (Fsp3) is 0.278. The number of aromatic amines is 1. The highest BCUT2D eigenvalue weighted by Gasteiger charge is 2.25. The van der Waals surface area contributed by atoms with Crippen LogP contribution in [0.25, 0.3) is 10.9 Å². The van der Waals surface area contributed by atoms with E-state index < -0.39 is 0 Å². The van der Waals surface area contributed by atoms with Gasteiger partial charge >= 0.3 is 0 Å². The summed E-state index contributed by atoms with van der Waals surface area (Å²) in [5, 5.41) is 6.56. The number of aromatic nitrogens is 1. The predicted octanol–water partition coefficient (Wildman–Crippen LogP) is 2.99. The van der Waals surface area contributed by atoms with Crippen LogP contribution in [0.5, 0.6) is 5.75 Å². The Kier molecular flexibility index (Phi) is 3.67. The molecule has 4 nitrogen and oxygen atoms in total. The largest absolute Gasteiger partial charge is 0.488 e. The van der Waals surface area contributed by atoms with Crippen molar-refractivity contribution >= 4 is 22.2 Å². The quantitative estimate of drug-likeness (QED) is 0.775. The minimum atomic E-state index is -0.0762. The molecule has 23 heavy (non-hydrogen) atoms. The number of thiophene rings is 1. The summed E-state index contributed by atoms with van der Waals surface area (Å²) in [7, 11) is 0. The first kappa shape index (κ1) is 14.5. The molecule has 1 aliphatic heterocycles. The van der Waals surface area contributed by atoms with Crippen LogP contribution in [0, 0.1) is 6.92 Å². The van der Waals surface area contributed by atoms with Crippen molar-refractivity contribution in [2.24, 2.45) is 0 Å². The number of hydrogen-bond acceptors (Lipinski definition) is 4. The Hall–Kier alpha value is -2.11. The number of aryl methyl sites for hydroxylation is 1. The summed E-state index contributed by atoms with van der Waals surface area (Å²) in [6.07, 6.45) is 1.05. The van der Waals surface area contributed by atoms with Crippen molar-refractivity contribution in [1.29, 1.82) is 0 Å². The maximum atomic E-state index is 11.5. The molecule has 3 heterocycles. The van der Waals surface area contributed by atoms with E-state index in [1.807, 2.05) is 13.0 Å². The molecule has 4 rings (SSSR count). The van der Waals surface area contributed by atoms with Crippen LogP contribution in [0.2, 0.25) is 0 Å². The Morgan fingerprint density at radius 3 is 3.13 bits per heavy atom. The Labute approximate surface area is 138 Å². The summed E-state index contributed by atoms with van der Waals surface area (Å²) < 4.78 is 6.15. The van der Waals surface area contributed by atoms with Crippen LogP contribution in [-0.2, 0) is 13.0 Å². The monoisotopic (exact) mass is 326 g/mol. The number of fused-ring (bicyclic) bond motifs is 3. The van der Waals surface area contributed by atoms with Crippen molar-refractivity contribution in [2.75, 3.05) is 6.54 Å². The van der Waals surface area contributed by atoms with Gasteiger partial charge in [-0.3, -0.25) is 4.79 Å². The summed E-state index contributed by atoms with van der Waals surface area (Å²) in [5.41, 5.74) is 3.12. The van der Waals surface area contributed by atoms with Crippen molar-refractivity contribution in [1.82, 2.24) is 10.3 Å². The van der Waals surface area contributed by atoms with Crippen LogP contribution >= 0.6 is 11.3 Å². The standard InChI is InChI=1S/C18H18N2O2S/c1-11-7-12-8-13(9-19-10-14-3-2-6-23-14)22-18(12)15-4-5-16(21)20-17(11)15/h2-7,13,19H,8-10H2,1H3,(H,20,21). The van der Waals surface area contributed by atoms with Crippen LogP contribution in [0.1, 0.15) is 16.0 Å². The number of rotatable bonds is 4. The normalized spacial score (nSPS) is 16.5. The summed E-state index contributed by atoms with van der Waals surface area (Å²) in [5.74, 6) is 0.921. The Bertz CT molecular complexity index is 899. The number of nitrogens with one attached hydrogen (secondary N) is 2. The van der Waals surface area contributed by atoms with Gasteiger partial charge in [-0.15, -0.1) is 11.3 Å². The minimum absolute atomic E-state index is 0.0762. The zero-order chi connectivity index (χ0) is 15.8. The number of hydrogen-bond donors (Lipinski definition) is 2. The second-order valence-electron chi connectivity index (χ2n) is 5.95. The van der Waals surface area contributed by atoms with Crippen LogP contribution in [0.4, 0.5) is 0 Å². The summed E-state index contributed by atoms with van der Waals surface area (Å²) >= 11 is 1.76. The molecule has 0 saturated carbocycles. The van der Waals surface area contributed by atoms with Crippen molar-refractivity contribution in [2.45, 2.75) is 26.0 Å². The molecule has 2 aromatic heterocycles. The van der Waals surface area contributed by atoms with E-state index in [-0.39, 0.29) is 11.7 Å². The first-order chi connectivity index (χ1) is 11.2. The van der Waals surface area contributed by atoms with Gasteiger partial charge in [-0.05, 0) is 35.6 Å². The molecule has 0 amide bonds. The molecular weight excluding hydrogens is 308 g/mol. The van der Waals surface area contributed by atoms with Crippen molar-refractivity contribution in [3.8, 4) is 5.75 Å². The molecule has 1 atom stereocenters. The zero-order valence-corrected chi connectivity index (χ0v) is 13.7. The van der Waals surface area contributed by atoms with E-state index in [2.05, 4.69) is 33.9 Å². The average molecular weight is 326 g/mol. The minimum Gasteiger partial charge on any atom is -0.488 e. The molecule has 0 radical (unpaired) electrons. The molecule has 3 aromatic rings. The van der Waals surface area contributed by atoms with Gasteiger partial charge in [0.2, 0.25) is 5.56 Å². The summed E-state index contributed by atoms with van der Waals surface area (Å²) in [6.45, 7) is 3.72. The molecule has 0 bridgehead atoms. The second kappa shape index (κ2) is 5.83. The lowest BCUT2D eigenvalue weighted by atomic mass is 10.0. The molecule has 1 aliphatic rings. The van der Waals surface area contributed by atoms with Crippen LogP contribution in [0.3, 0.4) is 0 Å². The lowest BCUT2D eigenvalue weighted by molar-refractivity contribution is 0.229. The van der Waals surface area contributed by atoms with Gasteiger partial charge in [0, 0.05) is 35.8 Å². The molecular formula is C18H18N2O2S. The fourth-order valence-corrected chi connectivity index (χ4v) is 3.85. The van der Waals surface area contributed by atoms with Gasteiger partial charge in [-0.1, -0.05) is 12.1 Å². The Morgan fingerprint density at radius 1 is 1.39 bits per heavy atom. The maximum Gasteiger partial charge on any atom is 0.248 e. The van der Waals surface area contributed by atoms with Gasteiger partial charge in [-0.25, -0.2) is 0 Å². The van der Waals surface area contributed by atoms with Crippen molar-refractivity contribution in [3.05, 3.63) is 62.1 Å². The summed E-state index contributed by atoms with van der Waals surface area (Å²) in [6, 6.07) is 9.76. The third kappa shape index (κ3) is 2.78. The summed E-state index contributed by atoms with van der Waals surface area (Å²) in [4.78, 5) is 15.8. The van der Waals surface area contributed by atoms with Crippen molar-refractivity contribution < 1.29 is 4.74 Å². The number of H-pyrrole nitrogens is 1. The molecule has 0 saturated heterocycles. The van der Waals surface area contributed by atoms with Gasteiger partial charge in [0.25, 0.3) is 0 Å². The highest BCUT2D eigenvalue weighted by Crippen LogP contribution is 2.36. The van der Waals surface area contributed by atoms with Gasteiger partial charge in [0.05, 0.1) is 5.52 Å². The second-order valence-corrected chi connectivity index (χ2v) is 6.98. The molecule has 0 fully saturated rings. The van der Waals surface area contributed by atoms with E-state index in [1.54, 1.807) is 17.4 Å². The molecule has 1 unspecified atom stereocenters. The lowest BCUT2D eigenvalue weighted by Gasteiger charge is -2.12. The molecule has 5 heteroatoms. The van der Waals surface area contributed by atoms with E-state index in [0.717, 1.165) is 41.7 Å². The highest BCUT2D eigenvalue weighted by atomic mass is 32.1. The van der Waals surface area contributed by atoms with Crippen LogP contribution in [-0.4, -0.2) is 17.6 Å². The van der Waals surface area contributed by atoms with E-state index >= 15 is 0 Å². The Balaban J connectivity index is 1.53. The molecule has 118 valence electrons. The maximum absolute atomic E-state index is 11.5. The first-order valence-electron chi connectivity index (χ1n) is 7.76. The smallest absolute Gasteiger partial charge is 0.248 e. The van der Waals surface area contributed by atoms with Gasteiger partial charge in [-0.2, -0.15) is 0 Å². The van der Waals surface area contributed by atoms with Gasteiger partial charge in [0.1, 0.15) is 11.9 Å². The van der Waals surface area contributed by atoms with E-state index in [4.69, 9.17) is 4.74 Å². The topological polar surface area (TPSA) is 54.1 Å². The van der Waals surface area contributed by atoms with E-state index in [0.29, 0.717) is 0 Å². The third-order valence-corrected chi connectivity index (χ3v) is 5.10. The van der Waals surface area contributed by atoms with Gasteiger partial charge < -0.3 is 15.0 Å². The third-order valence-electron chi connectivity index (χ3n) is 4.22. The first-order valence-corrected chi connectivity index (χ1v) is 8.64. The number of benzene rings is 1. The fourth-order valence-electron chi connectivity index (χ4n) is 3.17. The zero-order valence-electron chi connectivity index (χ0n) is 12.9. The van der Waals surface area contributed by atoms with Gasteiger partial charge in [0.15, 0.2) is 0 Å². The van der Waals surface area contributed by atoms with Crippen LogP contribution < -0.4 is 15.6 Å². The average Bonchev–Trinajstić information content (AvgIpc) is 3.17. The van der Waals surface area contributed by atoms with Crippen LogP contribution in [0.15, 0.2) is 40.5 Å².